The molecular weight excluding hydrogens is 371 g/mol. The zero-order valence-corrected chi connectivity index (χ0v) is 13.8. The molecular formula is C16H9BrCl2N2. The lowest BCUT2D eigenvalue weighted by Crippen LogP contribution is -1.95. The van der Waals surface area contributed by atoms with Gasteiger partial charge in [0.15, 0.2) is 5.82 Å². The Kier molecular flexibility index (Phi) is 4.24. The minimum absolute atomic E-state index is 0.340. The van der Waals surface area contributed by atoms with E-state index in [0.29, 0.717) is 21.7 Å². The van der Waals surface area contributed by atoms with E-state index >= 15 is 0 Å². The minimum Gasteiger partial charge on any atom is -0.216 e. The lowest BCUT2D eigenvalue weighted by Gasteiger charge is -2.09. The predicted octanol–water partition coefficient (Wildman–Crippen LogP) is 5.88. The maximum absolute atomic E-state index is 6.32. The topological polar surface area (TPSA) is 25.8 Å². The number of rotatable bonds is 2. The minimum atomic E-state index is 0.340. The molecule has 0 aliphatic carbocycles. The van der Waals surface area contributed by atoms with Crippen LogP contribution >= 0.6 is 39.1 Å². The summed E-state index contributed by atoms with van der Waals surface area (Å²) >= 11 is 16.1. The van der Waals surface area contributed by atoms with Crippen molar-refractivity contribution in [1.29, 1.82) is 0 Å². The van der Waals surface area contributed by atoms with Gasteiger partial charge in [0.05, 0.1) is 5.56 Å². The molecule has 2 aromatic carbocycles. The van der Waals surface area contributed by atoms with E-state index in [1.807, 2.05) is 54.6 Å². The molecule has 3 aromatic rings. The molecule has 0 amide bonds. The maximum atomic E-state index is 6.32. The normalized spacial score (nSPS) is 10.6. The summed E-state index contributed by atoms with van der Waals surface area (Å²) < 4.78 is 0.893. The van der Waals surface area contributed by atoms with Gasteiger partial charge in [-0.2, -0.15) is 0 Å². The van der Waals surface area contributed by atoms with Crippen molar-refractivity contribution in [2.24, 2.45) is 0 Å². The summed E-state index contributed by atoms with van der Waals surface area (Å²) in [5.74, 6) is 0.497. The highest BCUT2D eigenvalue weighted by atomic mass is 79.9. The van der Waals surface area contributed by atoms with E-state index in [0.717, 1.165) is 15.6 Å². The first-order chi connectivity index (χ1) is 10.2. The van der Waals surface area contributed by atoms with Crippen molar-refractivity contribution in [3.8, 4) is 22.5 Å². The van der Waals surface area contributed by atoms with Crippen molar-refractivity contribution in [3.05, 3.63) is 69.4 Å². The van der Waals surface area contributed by atoms with Crippen LogP contribution in [0.1, 0.15) is 0 Å². The van der Waals surface area contributed by atoms with E-state index in [4.69, 9.17) is 23.2 Å². The first kappa shape index (κ1) is 14.5. The standard InChI is InChI=1S/C16H9BrCl2N2/c17-12-9-5-4-8-11(12)16-20-14(18)13(15(19)21-16)10-6-2-1-3-7-10/h1-9H. The zero-order chi connectivity index (χ0) is 14.8. The van der Waals surface area contributed by atoms with Crippen LogP contribution in [0.2, 0.25) is 10.3 Å². The van der Waals surface area contributed by atoms with Crippen molar-refractivity contribution in [3.63, 3.8) is 0 Å². The summed E-state index contributed by atoms with van der Waals surface area (Å²) in [6, 6.07) is 17.3. The monoisotopic (exact) mass is 378 g/mol. The van der Waals surface area contributed by atoms with Crippen LogP contribution < -0.4 is 0 Å². The predicted molar refractivity (Wildman–Crippen MR) is 90.6 cm³/mol. The Labute approximate surface area is 140 Å². The Morgan fingerprint density at radius 1 is 0.762 bits per heavy atom. The van der Waals surface area contributed by atoms with Crippen molar-refractivity contribution < 1.29 is 0 Å². The van der Waals surface area contributed by atoms with Crippen LogP contribution in [-0.4, -0.2) is 9.97 Å². The molecule has 0 spiro atoms. The Balaban J connectivity index is 2.15. The highest BCUT2D eigenvalue weighted by Gasteiger charge is 2.15. The SMILES string of the molecule is Clc1nc(-c2ccccc2Br)nc(Cl)c1-c1ccccc1. The Morgan fingerprint density at radius 3 is 1.95 bits per heavy atom. The van der Waals surface area contributed by atoms with Gasteiger partial charge in [0.2, 0.25) is 0 Å². The molecule has 0 bridgehead atoms. The first-order valence-corrected chi connectivity index (χ1v) is 7.75. The average molecular weight is 380 g/mol. The summed E-state index contributed by atoms with van der Waals surface area (Å²) in [5, 5.41) is 0.680. The van der Waals surface area contributed by atoms with Gasteiger partial charge in [-0.15, -0.1) is 0 Å². The van der Waals surface area contributed by atoms with E-state index in [9.17, 15) is 0 Å². The van der Waals surface area contributed by atoms with Gasteiger partial charge in [-0.05, 0) is 11.6 Å². The molecule has 1 heterocycles. The lowest BCUT2D eigenvalue weighted by molar-refractivity contribution is 1.17. The molecule has 0 saturated carbocycles. The number of aromatic nitrogens is 2. The fourth-order valence-corrected chi connectivity index (χ4v) is 3.08. The second kappa shape index (κ2) is 6.14. The van der Waals surface area contributed by atoms with E-state index in [2.05, 4.69) is 25.9 Å². The van der Waals surface area contributed by atoms with Crippen LogP contribution in [0.4, 0.5) is 0 Å². The van der Waals surface area contributed by atoms with Crippen molar-refractivity contribution in [1.82, 2.24) is 9.97 Å². The second-order valence-corrected chi connectivity index (χ2v) is 5.92. The molecule has 0 aliphatic rings. The van der Waals surface area contributed by atoms with E-state index in [-0.39, 0.29) is 0 Å². The number of hydrogen-bond acceptors (Lipinski definition) is 2. The molecule has 0 N–H and O–H groups in total. The molecule has 0 atom stereocenters. The number of benzene rings is 2. The summed E-state index contributed by atoms with van der Waals surface area (Å²) in [7, 11) is 0. The van der Waals surface area contributed by atoms with Gasteiger partial charge in [-0.1, -0.05) is 87.7 Å². The lowest BCUT2D eigenvalue weighted by atomic mass is 10.1. The van der Waals surface area contributed by atoms with Gasteiger partial charge >= 0.3 is 0 Å². The molecule has 3 rings (SSSR count). The molecule has 0 unspecified atom stereocenters. The van der Waals surface area contributed by atoms with E-state index in [1.165, 1.54) is 0 Å². The summed E-state index contributed by atoms with van der Waals surface area (Å²) in [6.45, 7) is 0. The van der Waals surface area contributed by atoms with E-state index in [1.54, 1.807) is 0 Å². The number of halogens is 3. The third-order valence-electron chi connectivity index (χ3n) is 3.00. The quantitative estimate of drug-likeness (QED) is 0.519. The Hall–Kier alpha value is -1.42. The van der Waals surface area contributed by atoms with Gasteiger partial charge in [-0.3, -0.25) is 0 Å². The summed E-state index contributed by atoms with van der Waals surface area (Å²) in [6.07, 6.45) is 0. The van der Waals surface area contributed by atoms with Crippen LogP contribution in [0.25, 0.3) is 22.5 Å². The summed E-state index contributed by atoms with van der Waals surface area (Å²) in [5.41, 5.74) is 2.39. The zero-order valence-electron chi connectivity index (χ0n) is 10.7. The summed E-state index contributed by atoms with van der Waals surface area (Å²) in [4.78, 5) is 8.76. The fraction of sp³-hybridized carbons (Fsp3) is 0. The van der Waals surface area contributed by atoms with Gasteiger partial charge in [0.25, 0.3) is 0 Å². The van der Waals surface area contributed by atoms with Crippen LogP contribution in [0, 0.1) is 0 Å². The van der Waals surface area contributed by atoms with Crippen LogP contribution in [0.5, 0.6) is 0 Å². The molecule has 1 aromatic heterocycles. The van der Waals surface area contributed by atoms with Gasteiger partial charge in [-0.25, -0.2) is 9.97 Å². The van der Waals surface area contributed by atoms with Gasteiger partial charge in [0, 0.05) is 10.0 Å². The number of nitrogens with zero attached hydrogens (tertiary/aromatic N) is 2. The molecule has 104 valence electrons. The first-order valence-electron chi connectivity index (χ1n) is 6.20. The third kappa shape index (κ3) is 2.95. The molecule has 0 fully saturated rings. The van der Waals surface area contributed by atoms with Gasteiger partial charge in [0.1, 0.15) is 10.3 Å². The second-order valence-electron chi connectivity index (χ2n) is 4.35. The van der Waals surface area contributed by atoms with Crippen molar-refractivity contribution in [2.75, 3.05) is 0 Å². The molecule has 5 heteroatoms. The van der Waals surface area contributed by atoms with E-state index < -0.39 is 0 Å². The molecule has 0 saturated heterocycles. The largest absolute Gasteiger partial charge is 0.216 e. The Bertz CT molecular complexity index is 768. The molecule has 21 heavy (non-hydrogen) atoms. The smallest absolute Gasteiger partial charge is 0.163 e. The Morgan fingerprint density at radius 2 is 1.33 bits per heavy atom. The molecule has 0 aliphatic heterocycles. The molecule has 0 radical (unpaired) electrons. The van der Waals surface area contributed by atoms with Crippen LogP contribution in [0.3, 0.4) is 0 Å². The highest BCUT2D eigenvalue weighted by molar-refractivity contribution is 9.10. The van der Waals surface area contributed by atoms with Crippen LogP contribution in [-0.2, 0) is 0 Å². The van der Waals surface area contributed by atoms with Gasteiger partial charge < -0.3 is 0 Å². The van der Waals surface area contributed by atoms with Crippen molar-refractivity contribution >= 4 is 39.1 Å². The number of hydrogen-bond donors (Lipinski definition) is 0. The van der Waals surface area contributed by atoms with Crippen molar-refractivity contribution in [2.45, 2.75) is 0 Å². The highest BCUT2D eigenvalue weighted by Crippen LogP contribution is 2.35. The van der Waals surface area contributed by atoms with Crippen LogP contribution in [0.15, 0.2) is 59.1 Å². The average Bonchev–Trinajstić information content (AvgIpc) is 2.48. The third-order valence-corrected chi connectivity index (χ3v) is 4.24. The fourth-order valence-electron chi connectivity index (χ4n) is 2.01. The maximum Gasteiger partial charge on any atom is 0.163 e. The molecule has 2 nitrogen and oxygen atoms in total.